The number of hydrogen-bond donors (Lipinski definition) is 4. The normalized spacial score (nSPS) is 37.5. The van der Waals surface area contributed by atoms with E-state index >= 15 is 0 Å². The van der Waals surface area contributed by atoms with Crippen LogP contribution in [0.25, 0.3) is 0 Å². The maximum atomic E-state index is 9.92. The lowest BCUT2D eigenvalue weighted by molar-refractivity contribution is 0.00497. The van der Waals surface area contributed by atoms with E-state index in [4.69, 9.17) is 10.8 Å². The Bertz CT molecular complexity index is 385. The third-order valence-electron chi connectivity index (χ3n) is 2.75. The van der Waals surface area contributed by atoms with Gasteiger partial charge in [0.05, 0.1) is 18.0 Å². The Morgan fingerprint density at radius 2 is 2.18 bits per heavy atom. The molecular weight excluding hydrogens is 242 g/mol. The molecule has 0 aromatic heterocycles. The largest absolute Gasteiger partial charge is 0.395 e. The quantitative estimate of drug-likeness (QED) is 0.495. The number of amidine groups is 1. The maximum Gasteiger partial charge on any atom is 0.128 e. The summed E-state index contributed by atoms with van der Waals surface area (Å²) in [5, 5.41) is 27.9. The minimum Gasteiger partial charge on any atom is -0.395 e. The number of rotatable bonds is 2. The van der Waals surface area contributed by atoms with Gasteiger partial charge in [0, 0.05) is 6.20 Å². The molecule has 6 nitrogen and oxygen atoms in total. The van der Waals surface area contributed by atoms with Crippen LogP contribution >= 0.6 is 11.8 Å². The highest BCUT2D eigenvalue weighted by molar-refractivity contribution is 8.00. The van der Waals surface area contributed by atoms with Gasteiger partial charge in [-0.15, -0.1) is 11.8 Å². The Balaban J connectivity index is 2.15. The summed E-state index contributed by atoms with van der Waals surface area (Å²) in [6.45, 7) is 3.55. The zero-order valence-electron chi connectivity index (χ0n) is 9.10. The number of hydrogen-bond acceptors (Lipinski definition) is 7. The second-order valence-corrected chi connectivity index (χ2v) is 5.27. The van der Waals surface area contributed by atoms with Crippen molar-refractivity contribution in [1.29, 1.82) is 0 Å². The lowest BCUT2D eigenvalue weighted by atomic mass is 10.1. The molecule has 0 spiro atoms. The molecule has 0 amide bonds. The molecule has 2 aliphatic rings. The molecule has 0 aromatic rings. The summed E-state index contributed by atoms with van der Waals surface area (Å²) in [5.74, 6) is 0.760. The number of nitrogens with two attached hydrogens (primary N) is 1. The SMILES string of the molecule is C=C1N=C(N)C=CN1[C@@H]1S[C@H](CO)[C@@H](O)[C@@H]1O. The molecule has 0 saturated carbocycles. The molecule has 1 saturated heterocycles. The van der Waals surface area contributed by atoms with Gasteiger partial charge in [0.1, 0.15) is 23.1 Å². The molecule has 94 valence electrons. The maximum absolute atomic E-state index is 9.92. The summed E-state index contributed by atoms with van der Waals surface area (Å²) < 4.78 is 0. The van der Waals surface area contributed by atoms with Crippen LogP contribution in [-0.2, 0) is 0 Å². The van der Waals surface area contributed by atoms with Crippen LogP contribution in [-0.4, -0.2) is 55.5 Å². The highest BCUT2D eigenvalue weighted by atomic mass is 32.2. The van der Waals surface area contributed by atoms with Gasteiger partial charge in [-0.05, 0) is 6.08 Å². The smallest absolute Gasteiger partial charge is 0.128 e. The zero-order chi connectivity index (χ0) is 12.6. The predicted octanol–water partition coefficient (Wildman–Crippen LogP) is -1.20. The van der Waals surface area contributed by atoms with Crippen molar-refractivity contribution in [1.82, 2.24) is 4.90 Å². The van der Waals surface area contributed by atoms with E-state index in [0.717, 1.165) is 0 Å². The highest BCUT2D eigenvalue weighted by Crippen LogP contribution is 2.38. The van der Waals surface area contributed by atoms with Gasteiger partial charge < -0.3 is 26.0 Å². The van der Waals surface area contributed by atoms with Crippen LogP contribution in [0.5, 0.6) is 0 Å². The second kappa shape index (κ2) is 4.69. The predicted molar refractivity (Wildman–Crippen MR) is 66.0 cm³/mol. The molecule has 5 N–H and O–H groups in total. The van der Waals surface area contributed by atoms with E-state index < -0.39 is 22.8 Å². The summed E-state index contributed by atoms with van der Waals surface area (Å²) in [4.78, 5) is 5.63. The van der Waals surface area contributed by atoms with Crippen molar-refractivity contribution in [3.63, 3.8) is 0 Å². The molecule has 4 atom stereocenters. The summed E-state index contributed by atoms with van der Waals surface area (Å²) in [6, 6.07) is 0. The molecule has 0 aromatic carbocycles. The molecule has 1 fully saturated rings. The van der Waals surface area contributed by atoms with E-state index in [9.17, 15) is 10.2 Å². The van der Waals surface area contributed by atoms with Gasteiger partial charge in [-0.1, -0.05) is 6.58 Å². The van der Waals surface area contributed by atoms with E-state index in [1.165, 1.54) is 11.8 Å². The third-order valence-corrected chi connectivity index (χ3v) is 4.32. The number of aliphatic hydroxyl groups excluding tert-OH is 3. The van der Waals surface area contributed by atoms with Crippen LogP contribution < -0.4 is 5.73 Å². The number of nitrogens with zero attached hydrogens (tertiary/aromatic N) is 2. The van der Waals surface area contributed by atoms with E-state index in [2.05, 4.69) is 11.6 Å². The highest BCUT2D eigenvalue weighted by Gasteiger charge is 2.45. The van der Waals surface area contributed by atoms with Crippen molar-refractivity contribution in [2.45, 2.75) is 22.8 Å². The topological polar surface area (TPSA) is 102 Å². The van der Waals surface area contributed by atoms with Crippen molar-refractivity contribution in [3.05, 3.63) is 24.7 Å². The van der Waals surface area contributed by atoms with Gasteiger partial charge in [0.25, 0.3) is 0 Å². The zero-order valence-corrected chi connectivity index (χ0v) is 9.92. The Labute approximate surface area is 103 Å². The number of aliphatic imine (C=N–C) groups is 1. The molecule has 7 heteroatoms. The molecule has 17 heavy (non-hydrogen) atoms. The molecular formula is C10H15N3O3S. The van der Waals surface area contributed by atoms with E-state index in [1.807, 2.05) is 0 Å². The van der Waals surface area contributed by atoms with Gasteiger partial charge in [-0.3, -0.25) is 0 Å². The standard InChI is InChI=1S/C10H15N3O3S/c1-5-12-7(11)2-3-13(5)10-9(16)8(15)6(4-14)17-10/h2-3,6,8-10,14-16H,1,4H2,(H2,11,12)/t6-,8-,9+,10-/m1/s1. The first-order valence-corrected chi connectivity index (χ1v) is 6.11. The Morgan fingerprint density at radius 1 is 1.47 bits per heavy atom. The molecule has 2 aliphatic heterocycles. The summed E-state index contributed by atoms with van der Waals surface area (Å²) in [5.41, 5.74) is 5.52. The Morgan fingerprint density at radius 3 is 2.71 bits per heavy atom. The fraction of sp³-hybridized carbons (Fsp3) is 0.500. The van der Waals surface area contributed by atoms with Gasteiger partial charge >= 0.3 is 0 Å². The van der Waals surface area contributed by atoms with E-state index in [-0.39, 0.29) is 6.61 Å². The average Bonchev–Trinajstić information content (AvgIpc) is 2.57. The van der Waals surface area contributed by atoms with Crippen molar-refractivity contribution < 1.29 is 15.3 Å². The van der Waals surface area contributed by atoms with Crippen molar-refractivity contribution in [3.8, 4) is 0 Å². The summed E-state index contributed by atoms with van der Waals surface area (Å²) >= 11 is 1.29. The molecule has 0 aliphatic carbocycles. The van der Waals surface area contributed by atoms with Crippen LogP contribution in [0.2, 0.25) is 0 Å². The van der Waals surface area contributed by atoms with Gasteiger partial charge in [0.15, 0.2) is 0 Å². The van der Waals surface area contributed by atoms with Gasteiger partial charge in [0.2, 0.25) is 0 Å². The summed E-state index contributed by atoms with van der Waals surface area (Å²) in [7, 11) is 0. The van der Waals surface area contributed by atoms with Crippen molar-refractivity contribution >= 4 is 17.6 Å². The van der Waals surface area contributed by atoms with Crippen LogP contribution in [0.1, 0.15) is 0 Å². The van der Waals surface area contributed by atoms with Crippen LogP contribution in [0.15, 0.2) is 29.7 Å². The minimum absolute atomic E-state index is 0.186. The van der Waals surface area contributed by atoms with Crippen LogP contribution in [0, 0.1) is 0 Å². The van der Waals surface area contributed by atoms with E-state index in [1.54, 1.807) is 17.2 Å². The number of thioether (sulfide) groups is 1. The lowest BCUT2D eigenvalue weighted by Gasteiger charge is -2.30. The molecule has 0 bridgehead atoms. The lowest BCUT2D eigenvalue weighted by Crippen LogP contribution is -2.40. The minimum atomic E-state index is -0.965. The molecule has 2 rings (SSSR count). The Hall–Kier alpha value is -1.02. The summed E-state index contributed by atoms with van der Waals surface area (Å²) in [6.07, 6.45) is 1.34. The van der Waals surface area contributed by atoms with Gasteiger partial charge in [-0.25, -0.2) is 4.99 Å². The van der Waals surface area contributed by atoms with E-state index in [0.29, 0.717) is 11.7 Å². The fourth-order valence-corrected chi connectivity index (χ4v) is 3.24. The monoisotopic (exact) mass is 257 g/mol. The molecule has 0 unspecified atom stereocenters. The van der Waals surface area contributed by atoms with Crippen molar-refractivity contribution in [2.75, 3.05) is 6.61 Å². The van der Waals surface area contributed by atoms with Gasteiger partial charge in [-0.2, -0.15) is 0 Å². The average molecular weight is 257 g/mol. The molecule has 0 radical (unpaired) electrons. The first kappa shape index (κ1) is 12.4. The Kier molecular flexibility index (Phi) is 3.43. The number of aliphatic hydroxyl groups is 3. The van der Waals surface area contributed by atoms with Crippen LogP contribution in [0.3, 0.4) is 0 Å². The fourth-order valence-electron chi connectivity index (χ4n) is 1.83. The second-order valence-electron chi connectivity index (χ2n) is 3.90. The van der Waals surface area contributed by atoms with Crippen molar-refractivity contribution in [2.24, 2.45) is 10.7 Å². The van der Waals surface area contributed by atoms with Crippen LogP contribution in [0.4, 0.5) is 0 Å². The first-order chi connectivity index (χ1) is 8.04. The third kappa shape index (κ3) is 2.19. The molecule has 2 heterocycles. The first-order valence-electron chi connectivity index (χ1n) is 5.16.